The smallest absolute Gasteiger partial charge is 0.0460 e. The highest BCUT2D eigenvalue weighted by Gasteiger charge is 2.18. The number of benzene rings is 1. The number of aliphatic hydroxyl groups excluding tert-OH is 1. The maximum Gasteiger partial charge on any atom is 0.0460 e. The van der Waals surface area contributed by atoms with Crippen molar-refractivity contribution in [3.8, 4) is 0 Å². The highest BCUT2D eigenvalue weighted by atomic mass is 16.3. The van der Waals surface area contributed by atoms with E-state index in [4.69, 9.17) is 10.8 Å². The monoisotopic (exact) mass is 220 g/mol. The molecular formula is C13H20N2O. The lowest BCUT2D eigenvalue weighted by Gasteiger charge is -2.32. The second-order valence-electron chi connectivity index (χ2n) is 4.48. The van der Waals surface area contributed by atoms with Crippen LogP contribution in [-0.2, 0) is 6.54 Å². The highest BCUT2D eigenvalue weighted by molar-refractivity contribution is 5.47. The molecule has 0 unspecified atom stereocenters. The minimum Gasteiger partial charge on any atom is -0.396 e. The van der Waals surface area contributed by atoms with Crippen molar-refractivity contribution >= 4 is 5.69 Å². The lowest BCUT2D eigenvalue weighted by Crippen LogP contribution is -2.34. The molecule has 2 rings (SSSR count). The molecule has 0 spiro atoms. The fraction of sp³-hybridized carbons (Fsp3) is 0.538. The highest BCUT2D eigenvalue weighted by Crippen LogP contribution is 2.23. The molecule has 0 radical (unpaired) electrons. The molecule has 0 amide bonds. The molecule has 3 N–H and O–H groups in total. The topological polar surface area (TPSA) is 49.5 Å². The molecule has 1 aliphatic heterocycles. The van der Waals surface area contributed by atoms with Gasteiger partial charge in [0.25, 0.3) is 0 Å². The van der Waals surface area contributed by atoms with Gasteiger partial charge >= 0.3 is 0 Å². The van der Waals surface area contributed by atoms with E-state index in [-0.39, 0.29) is 0 Å². The zero-order valence-electron chi connectivity index (χ0n) is 9.60. The first-order chi connectivity index (χ1) is 7.83. The first kappa shape index (κ1) is 11.4. The Morgan fingerprint density at radius 1 is 1.19 bits per heavy atom. The second-order valence-corrected chi connectivity index (χ2v) is 4.48. The van der Waals surface area contributed by atoms with E-state index in [1.54, 1.807) is 0 Å². The van der Waals surface area contributed by atoms with Crippen LogP contribution in [0.4, 0.5) is 5.69 Å². The Morgan fingerprint density at radius 2 is 1.81 bits per heavy atom. The minimum atomic E-state index is 0.333. The van der Waals surface area contributed by atoms with Crippen LogP contribution in [0.5, 0.6) is 0 Å². The first-order valence-electron chi connectivity index (χ1n) is 5.98. The SMILES string of the molecule is NCc1ccc(N2CCC(CO)CC2)cc1. The van der Waals surface area contributed by atoms with Crippen molar-refractivity contribution in [3.63, 3.8) is 0 Å². The Labute approximate surface area is 96.9 Å². The lowest BCUT2D eigenvalue weighted by atomic mass is 9.97. The molecule has 88 valence electrons. The van der Waals surface area contributed by atoms with Crippen LogP contribution in [0.15, 0.2) is 24.3 Å². The third-order valence-corrected chi connectivity index (χ3v) is 3.41. The molecule has 1 fully saturated rings. The van der Waals surface area contributed by atoms with Gasteiger partial charge in [-0.25, -0.2) is 0 Å². The summed E-state index contributed by atoms with van der Waals surface area (Å²) >= 11 is 0. The number of hydrogen-bond donors (Lipinski definition) is 2. The molecule has 3 nitrogen and oxygen atoms in total. The molecule has 3 heteroatoms. The summed E-state index contributed by atoms with van der Waals surface area (Å²) in [6.45, 7) is 3.03. The van der Waals surface area contributed by atoms with Gasteiger partial charge in [0, 0.05) is 31.9 Å². The zero-order valence-corrected chi connectivity index (χ0v) is 9.60. The number of anilines is 1. The summed E-state index contributed by atoms with van der Waals surface area (Å²) in [6, 6.07) is 8.46. The molecule has 1 heterocycles. The summed E-state index contributed by atoms with van der Waals surface area (Å²) in [4.78, 5) is 2.38. The summed E-state index contributed by atoms with van der Waals surface area (Å²) < 4.78 is 0. The van der Waals surface area contributed by atoms with Crippen LogP contribution in [0.3, 0.4) is 0 Å². The van der Waals surface area contributed by atoms with Crippen LogP contribution in [0.2, 0.25) is 0 Å². The fourth-order valence-corrected chi connectivity index (χ4v) is 2.22. The van der Waals surface area contributed by atoms with Gasteiger partial charge in [-0.2, -0.15) is 0 Å². The Kier molecular flexibility index (Phi) is 3.80. The number of nitrogens with zero attached hydrogens (tertiary/aromatic N) is 1. The number of nitrogens with two attached hydrogens (primary N) is 1. The van der Waals surface area contributed by atoms with Crippen LogP contribution in [0, 0.1) is 5.92 Å². The molecule has 1 aromatic carbocycles. The second kappa shape index (κ2) is 5.32. The van der Waals surface area contributed by atoms with E-state index in [9.17, 15) is 0 Å². The third kappa shape index (κ3) is 2.54. The summed E-state index contributed by atoms with van der Waals surface area (Å²) in [7, 11) is 0. The predicted molar refractivity (Wildman–Crippen MR) is 66.4 cm³/mol. The maximum absolute atomic E-state index is 9.08. The van der Waals surface area contributed by atoms with Crippen LogP contribution >= 0.6 is 0 Å². The van der Waals surface area contributed by atoms with Gasteiger partial charge in [-0.05, 0) is 36.5 Å². The van der Waals surface area contributed by atoms with Crippen LogP contribution in [0.1, 0.15) is 18.4 Å². The van der Waals surface area contributed by atoms with E-state index < -0.39 is 0 Å². The Morgan fingerprint density at radius 3 is 2.31 bits per heavy atom. The average Bonchev–Trinajstić information content (AvgIpc) is 2.39. The van der Waals surface area contributed by atoms with Gasteiger partial charge in [0.2, 0.25) is 0 Å². The Hall–Kier alpha value is -1.06. The van der Waals surface area contributed by atoms with Crippen molar-refractivity contribution in [2.75, 3.05) is 24.6 Å². The van der Waals surface area contributed by atoms with Crippen molar-refractivity contribution in [2.24, 2.45) is 11.7 Å². The van der Waals surface area contributed by atoms with Crippen LogP contribution in [0.25, 0.3) is 0 Å². The van der Waals surface area contributed by atoms with Gasteiger partial charge in [-0.15, -0.1) is 0 Å². The fourth-order valence-electron chi connectivity index (χ4n) is 2.22. The van der Waals surface area contributed by atoms with Crippen LogP contribution < -0.4 is 10.6 Å². The third-order valence-electron chi connectivity index (χ3n) is 3.41. The van der Waals surface area contributed by atoms with Crippen molar-refractivity contribution in [1.29, 1.82) is 0 Å². The normalized spacial score (nSPS) is 17.8. The van der Waals surface area contributed by atoms with Gasteiger partial charge in [0.1, 0.15) is 0 Å². The first-order valence-corrected chi connectivity index (χ1v) is 5.98. The number of rotatable bonds is 3. The van der Waals surface area contributed by atoms with E-state index in [1.165, 1.54) is 11.3 Å². The molecule has 16 heavy (non-hydrogen) atoms. The van der Waals surface area contributed by atoms with Crippen molar-refractivity contribution < 1.29 is 5.11 Å². The van der Waals surface area contributed by atoms with E-state index in [0.717, 1.165) is 25.9 Å². The van der Waals surface area contributed by atoms with E-state index >= 15 is 0 Å². The van der Waals surface area contributed by atoms with Crippen molar-refractivity contribution in [3.05, 3.63) is 29.8 Å². The predicted octanol–water partition coefficient (Wildman–Crippen LogP) is 1.35. The van der Waals surface area contributed by atoms with Crippen molar-refractivity contribution in [2.45, 2.75) is 19.4 Å². The van der Waals surface area contributed by atoms with Crippen LogP contribution in [-0.4, -0.2) is 24.8 Å². The summed E-state index contributed by atoms with van der Waals surface area (Å²) in [6.07, 6.45) is 2.18. The lowest BCUT2D eigenvalue weighted by molar-refractivity contribution is 0.203. The molecule has 1 aromatic rings. The Balaban J connectivity index is 1.97. The van der Waals surface area contributed by atoms with Gasteiger partial charge in [0.05, 0.1) is 0 Å². The van der Waals surface area contributed by atoms with E-state index in [0.29, 0.717) is 19.1 Å². The van der Waals surface area contributed by atoms with Crippen molar-refractivity contribution in [1.82, 2.24) is 0 Å². The van der Waals surface area contributed by atoms with E-state index in [1.807, 2.05) is 0 Å². The molecule has 1 aliphatic rings. The standard InChI is InChI=1S/C13H20N2O/c14-9-11-1-3-13(4-2-11)15-7-5-12(10-16)6-8-15/h1-4,12,16H,5-10,14H2. The molecule has 1 saturated heterocycles. The number of hydrogen-bond acceptors (Lipinski definition) is 3. The molecule has 0 aliphatic carbocycles. The van der Waals surface area contributed by atoms with E-state index in [2.05, 4.69) is 29.2 Å². The largest absolute Gasteiger partial charge is 0.396 e. The number of piperidine rings is 1. The van der Waals surface area contributed by atoms with Gasteiger partial charge in [-0.1, -0.05) is 12.1 Å². The minimum absolute atomic E-state index is 0.333. The molecule has 0 bridgehead atoms. The van der Waals surface area contributed by atoms with Gasteiger partial charge < -0.3 is 15.7 Å². The summed E-state index contributed by atoms with van der Waals surface area (Å²) in [5.74, 6) is 0.500. The molecule has 0 aromatic heterocycles. The van der Waals surface area contributed by atoms with Gasteiger partial charge in [-0.3, -0.25) is 0 Å². The summed E-state index contributed by atoms with van der Waals surface area (Å²) in [5, 5.41) is 9.08. The average molecular weight is 220 g/mol. The quantitative estimate of drug-likeness (QED) is 0.808. The number of aliphatic hydroxyl groups is 1. The molecular weight excluding hydrogens is 200 g/mol. The summed E-state index contributed by atoms with van der Waals surface area (Å²) in [5.41, 5.74) is 8.02. The van der Waals surface area contributed by atoms with Gasteiger partial charge in [0.15, 0.2) is 0 Å². The maximum atomic E-state index is 9.08. The molecule has 0 saturated carbocycles. The molecule has 0 atom stereocenters. The zero-order chi connectivity index (χ0) is 11.4. The Bertz CT molecular complexity index is 315.